The summed E-state index contributed by atoms with van der Waals surface area (Å²) in [7, 11) is 0. The molecule has 9 nitrogen and oxygen atoms in total. The standard InChI is InChI=1S/C9H11N7O2S/c10-7(19)5-3-4(16(17)18)1-2-6(5)14-9(13)15-8(11)12/h1-3H,(H2,10,19)(H6,11,12,13,14,15). The van der Waals surface area contributed by atoms with E-state index >= 15 is 0 Å². The normalized spacial score (nSPS) is 10.8. The third kappa shape index (κ3) is 3.89. The van der Waals surface area contributed by atoms with Crippen molar-refractivity contribution < 1.29 is 4.92 Å². The molecule has 0 heterocycles. The summed E-state index contributed by atoms with van der Waals surface area (Å²) in [6, 6.07) is 3.79. The van der Waals surface area contributed by atoms with Crippen molar-refractivity contribution >= 4 is 40.5 Å². The van der Waals surface area contributed by atoms with Crippen molar-refractivity contribution in [3.05, 3.63) is 33.9 Å². The first kappa shape index (κ1) is 14.3. The molecule has 0 fully saturated rings. The summed E-state index contributed by atoms with van der Waals surface area (Å²) >= 11 is 4.80. The summed E-state index contributed by atoms with van der Waals surface area (Å²) in [4.78, 5) is 17.4. The maximum atomic E-state index is 10.7. The number of benzene rings is 1. The van der Waals surface area contributed by atoms with Crippen LogP contribution >= 0.6 is 12.2 Å². The first-order chi connectivity index (χ1) is 8.81. The molecule has 0 aromatic heterocycles. The molecule has 0 spiro atoms. The van der Waals surface area contributed by atoms with E-state index in [4.69, 9.17) is 35.2 Å². The van der Waals surface area contributed by atoms with E-state index in [1.54, 1.807) is 0 Å². The van der Waals surface area contributed by atoms with Gasteiger partial charge in [-0.15, -0.1) is 0 Å². The van der Waals surface area contributed by atoms with E-state index in [1.165, 1.54) is 18.2 Å². The fraction of sp³-hybridized carbons (Fsp3) is 0. The molecule has 1 aromatic rings. The molecular weight excluding hydrogens is 270 g/mol. The smallest absolute Gasteiger partial charge is 0.270 e. The zero-order chi connectivity index (χ0) is 14.6. The highest BCUT2D eigenvalue weighted by Crippen LogP contribution is 2.24. The fourth-order valence-corrected chi connectivity index (χ4v) is 1.38. The average molecular weight is 281 g/mol. The summed E-state index contributed by atoms with van der Waals surface area (Å²) in [5.41, 5.74) is 21.5. The van der Waals surface area contributed by atoms with E-state index in [0.717, 1.165) is 0 Å². The fourth-order valence-electron chi connectivity index (χ4n) is 1.21. The molecule has 0 saturated heterocycles. The number of thiocarbonyl (C=S) groups is 1. The summed E-state index contributed by atoms with van der Waals surface area (Å²) in [6.45, 7) is 0. The Labute approximate surface area is 113 Å². The van der Waals surface area contributed by atoms with Gasteiger partial charge in [0.1, 0.15) is 4.99 Å². The van der Waals surface area contributed by atoms with Gasteiger partial charge in [0.05, 0.1) is 10.6 Å². The number of guanidine groups is 2. The van der Waals surface area contributed by atoms with Crippen molar-refractivity contribution in [3.8, 4) is 0 Å². The van der Waals surface area contributed by atoms with Gasteiger partial charge in [-0.1, -0.05) is 12.2 Å². The van der Waals surface area contributed by atoms with Gasteiger partial charge in [-0.05, 0) is 6.07 Å². The number of hydrogen-bond donors (Lipinski definition) is 4. The molecule has 10 heteroatoms. The van der Waals surface area contributed by atoms with Gasteiger partial charge >= 0.3 is 0 Å². The lowest BCUT2D eigenvalue weighted by atomic mass is 10.1. The van der Waals surface area contributed by atoms with Crippen LogP contribution in [0.5, 0.6) is 0 Å². The van der Waals surface area contributed by atoms with Gasteiger partial charge in [-0.2, -0.15) is 4.99 Å². The summed E-state index contributed by atoms with van der Waals surface area (Å²) in [5.74, 6) is -0.480. The van der Waals surface area contributed by atoms with E-state index in [9.17, 15) is 10.1 Å². The third-order valence-corrected chi connectivity index (χ3v) is 2.15. The van der Waals surface area contributed by atoms with E-state index in [0.29, 0.717) is 0 Å². The van der Waals surface area contributed by atoms with Crippen LogP contribution in [0.2, 0.25) is 0 Å². The van der Waals surface area contributed by atoms with Crippen molar-refractivity contribution in [3.63, 3.8) is 0 Å². The van der Waals surface area contributed by atoms with E-state index in [2.05, 4.69) is 9.98 Å². The quantitative estimate of drug-likeness (QED) is 0.189. The Morgan fingerprint density at radius 1 is 1.26 bits per heavy atom. The van der Waals surface area contributed by atoms with Crippen LogP contribution in [0.25, 0.3) is 0 Å². The van der Waals surface area contributed by atoms with Gasteiger partial charge in [0.25, 0.3) is 5.69 Å². The number of hydrogen-bond acceptors (Lipinski definition) is 4. The van der Waals surface area contributed by atoms with E-state index in [1.807, 2.05) is 0 Å². The Morgan fingerprint density at radius 2 is 1.89 bits per heavy atom. The lowest BCUT2D eigenvalue weighted by Gasteiger charge is -2.04. The third-order valence-electron chi connectivity index (χ3n) is 1.94. The lowest BCUT2D eigenvalue weighted by Crippen LogP contribution is -2.26. The molecule has 0 aliphatic rings. The Hall–Kier alpha value is -2.75. The SMILES string of the molecule is NC(=S)c1cc([N+](=O)[O-])ccc1N=C(N)N=C(N)N. The highest BCUT2D eigenvalue weighted by atomic mass is 32.1. The van der Waals surface area contributed by atoms with Crippen LogP contribution in [0.15, 0.2) is 28.2 Å². The average Bonchev–Trinajstić information content (AvgIpc) is 2.27. The van der Waals surface area contributed by atoms with Crippen LogP contribution in [-0.2, 0) is 0 Å². The molecule has 1 aromatic carbocycles. The van der Waals surface area contributed by atoms with Crippen molar-refractivity contribution in [2.75, 3.05) is 0 Å². The van der Waals surface area contributed by atoms with Gasteiger partial charge in [-0.3, -0.25) is 10.1 Å². The largest absolute Gasteiger partial charge is 0.389 e. The van der Waals surface area contributed by atoms with Crippen molar-refractivity contribution in [2.45, 2.75) is 0 Å². The molecule has 0 bridgehead atoms. The Bertz CT molecular complexity index is 592. The summed E-state index contributed by atoms with van der Waals surface area (Å²) in [5, 5.41) is 10.7. The zero-order valence-electron chi connectivity index (χ0n) is 9.61. The second kappa shape index (κ2) is 5.73. The van der Waals surface area contributed by atoms with Gasteiger partial charge < -0.3 is 22.9 Å². The number of nitro benzene ring substituents is 1. The summed E-state index contributed by atoms with van der Waals surface area (Å²) < 4.78 is 0. The molecule has 0 amide bonds. The Balaban J connectivity index is 3.32. The molecule has 8 N–H and O–H groups in total. The first-order valence-corrected chi connectivity index (χ1v) is 5.24. The van der Waals surface area contributed by atoms with Crippen LogP contribution in [0.3, 0.4) is 0 Å². The van der Waals surface area contributed by atoms with Crippen molar-refractivity contribution in [1.82, 2.24) is 0 Å². The second-order valence-corrected chi connectivity index (χ2v) is 3.77. The molecule has 0 radical (unpaired) electrons. The Morgan fingerprint density at radius 3 is 2.37 bits per heavy atom. The number of nitro groups is 1. The predicted molar refractivity (Wildman–Crippen MR) is 76.1 cm³/mol. The number of non-ortho nitro benzene ring substituents is 1. The number of aliphatic imine (C=N–C) groups is 2. The minimum atomic E-state index is -0.575. The highest BCUT2D eigenvalue weighted by molar-refractivity contribution is 7.80. The minimum absolute atomic E-state index is 0.0556. The molecule has 0 saturated carbocycles. The van der Waals surface area contributed by atoms with E-state index < -0.39 is 4.92 Å². The molecular formula is C9H11N7O2S. The number of nitrogens with two attached hydrogens (primary N) is 4. The Kier molecular flexibility index (Phi) is 4.32. The molecule has 0 unspecified atom stereocenters. The summed E-state index contributed by atoms with van der Waals surface area (Å²) in [6.07, 6.45) is 0. The molecule has 100 valence electrons. The van der Waals surface area contributed by atoms with Crippen LogP contribution in [0.1, 0.15) is 5.56 Å². The minimum Gasteiger partial charge on any atom is -0.389 e. The number of nitrogens with zero attached hydrogens (tertiary/aromatic N) is 3. The van der Waals surface area contributed by atoms with Crippen LogP contribution in [-0.4, -0.2) is 21.8 Å². The maximum absolute atomic E-state index is 10.7. The highest BCUT2D eigenvalue weighted by Gasteiger charge is 2.12. The van der Waals surface area contributed by atoms with E-state index in [-0.39, 0.29) is 33.8 Å². The molecule has 0 aliphatic heterocycles. The van der Waals surface area contributed by atoms with Crippen LogP contribution < -0.4 is 22.9 Å². The van der Waals surface area contributed by atoms with Gasteiger partial charge in [0.15, 0.2) is 5.96 Å². The predicted octanol–water partition coefficient (Wildman–Crippen LogP) is -0.551. The monoisotopic (exact) mass is 281 g/mol. The second-order valence-electron chi connectivity index (χ2n) is 3.33. The molecule has 0 aliphatic carbocycles. The molecule has 0 atom stereocenters. The van der Waals surface area contributed by atoms with Crippen molar-refractivity contribution in [1.29, 1.82) is 0 Å². The first-order valence-electron chi connectivity index (χ1n) is 4.83. The number of rotatable bonds is 3. The maximum Gasteiger partial charge on any atom is 0.270 e. The lowest BCUT2D eigenvalue weighted by molar-refractivity contribution is -0.384. The molecule has 1 rings (SSSR count). The topological polar surface area (TPSA) is 172 Å². The van der Waals surface area contributed by atoms with Crippen LogP contribution in [0, 0.1) is 10.1 Å². The van der Waals surface area contributed by atoms with Gasteiger partial charge in [-0.25, -0.2) is 4.99 Å². The van der Waals surface area contributed by atoms with Crippen molar-refractivity contribution in [2.24, 2.45) is 32.9 Å². The van der Waals surface area contributed by atoms with Gasteiger partial charge in [0, 0.05) is 17.7 Å². The van der Waals surface area contributed by atoms with Gasteiger partial charge in [0.2, 0.25) is 5.96 Å². The zero-order valence-corrected chi connectivity index (χ0v) is 10.4. The van der Waals surface area contributed by atoms with Crippen LogP contribution in [0.4, 0.5) is 11.4 Å². The molecule has 19 heavy (non-hydrogen) atoms.